The summed E-state index contributed by atoms with van der Waals surface area (Å²) in [6.45, 7) is 9.81. The van der Waals surface area contributed by atoms with Gasteiger partial charge in [0.2, 0.25) is 10.0 Å². The Bertz CT molecular complexity index is 509. The number of rotatable bonds is 8. The third kappa shape index (κ3) is 4.55. The summed E-state index contributed by atoms with van der Waals surface area (Å²) in [6, 6.07) is 1.79. The molecule has 0 aliphatic heterocycles. The number of thiophene rings is 1. The summed E-state index contributed by atoms with van der Waals surface area (Å²) in [6.07, 6.45) is 0.865. The minimum absolute atomic E-state index is 0.0112. The van der Waals surface area contributed by atoms with Gasteiger partial charge in [-0.2, -0.15) is 4.31 Å². The molecular weight excluding hydrogens is 292 g/mol. The second-order valence-electron chi connectivity index (χ2n) is 5.53. The first kappa shape index (κ1) is 17.6. The van der Waals surface area contributed by atoms with Crippen LogP contribution in [-0.2, 0) is 16.6 Å². The normalized spacial score (nSPS) is 14.2. The third-order valence-electron chi connectivity index (χ3n) is 3.29. The lowest BCUT2D eigenvalue weighted by molar-refractivity contribution is 0.338. The fourth-order valence-electron chi connectivity index (χ4n) is 2.07. The molecule has 4 nitrogen and oxygen atoms in total. The second-order valence-corrected chi connectivity index (χ2v) is 8.52. The summed E-state index contributed by atoms with van der Waals surface area (Å²) < 4.78 is 26.6. The van der Waals surface area contributed by atoms with E-state index >= 15 is 0 Å². The smallest absolute Gasteiger partial charge is 0.243 e. The van der Waals surface area contributed by atoms with E-state index in [0.717, 1.165) is 24.4 Å². The van der Waals surface area contributed by atoms with Gasteiger partial charge in [0.15, 0.2) is 0 Å². The molecular formula is C14H26N2O2S2. The lowest BCUT2D eigenvalue weighted by Crippen LogP contribution is -2.35. The molecule has 0 fully saturated rings. The monoisotopic (exact) mass is 318 g/mol. The van der Waals surface area contributed by atoms with Crippen LogP contribution in [0.1, 0.15) is 39.0 Å². The largest absolute Gasteiger partial charge is 0.312 e. The van der Waals surface area contributed by atoms with E-state index in [0.29, 0.717) is 10.8 Å². The Labute approximate surface area is 127 Å². The van der Waals surface area contributed by atoms with Crippen LogP contribution in [0.15, 0.2) is 16.3 Å². The minimum atomic E-state index is -3.37. The molecule has 0 aliphatic rings. The van der Waals surface area contributed by atoms with Crippen LogP contribution in [0.2, 0.25) is 0 Å². The van der Waals surface area contributed by atoms with Crippen LogP contribution in [0, 0.1) is 5.92 Å². The van der Waals surface area contributed by atoms with Crippen molar-refractivity contribution in [2.45, 2.75) is 51.6 Å². The quantitative estimate of drug-likeness (QED) is 0.802. The summed E-state index contributed by atoms with van der Waals surface area (Å²) in [5, 5.41) is 4.95. The van der Waals surface area contributed by atoms with Gasteiger partial charge in [-0.15, -0.1) is 11.3 Å². The minimum Gasteiger partial charge on any atom is -0.312 e. The molecule has 0 radical (unpaired) electrons. The van der Waals surface area contributed by atoms with E-state index in [4.69, 9.17) is 0 Å². The molecule has 20 heavy (non-hydrogen) atoms. The summed E-state index contributed by atoms with van der Waals surface area (Å²) in [7, 11) is -1.70. The van der Waals surface area contributed by atoms with Gasteiger partial charge < -0.3 is 5.32 Å². The van der Waals surface area contributed by atoms with E-state index in [2.05, 4.69) is 19.2 Å². The first-order valence-corrected chi connectivity index (χ1v) is 9.37. The van der Waals surface area contributed by atoms with E-state index in [-0.39, 0.29) is 6.04 Å². The van der Waals surface area contributed by atoms with Gasteiger partial charge in [-0.25, -0.2) is 8.42 Å². The summed E-state index contributed by atoms with van der Waals surface area (Å²) in [4.78, 5) is 1.46. The Kier molecular flexibility index (Phi) is 6.64. The van der Waals surface area contributed by atoms with Gasteiger partial charge in [0.1, 0.15) is 0 Å². The van der Waals surface area contributed by atoms with Gasteiger partial charge in [0.05, 0.1) is 4.90 Å². The molecule has 1 rings (SSSR count). The summed E-state index contributed by atoms with van der Waals surface area (Å²) >= 11 is 1.49. The molecule has 0 saturated heterocycles. The van der Waals surface area contributed by atoms with Crippen LogP contribution in [0.4, 0.5) is 0 Å². The van der Waals surface area contributed by atoms with Crippen molar-refractivity contribution >= 4 is 21.4 Å². The average Bonchev–Trinajstić information content (AvgIpc) is 2.83. The van der Waals surface area contributed by atoms with Crippen molar-refractivity contribution in [2.75, 3.05) is 13.6 Å². The van der Waals surface area contributed by atoms with Gasteiger partial charge in [-0.3, -0.25) is 0 Å². The zero-order chi connectivity index (χ0) is 15.3. The Hall–Kier alpha value is -0.430. The molecule has 6 heteroatoms. The maximum atomic E-state index is 12.6. The highest BCUT2D eigenvalue weighted by Gasteiger charge is 2.26. The third-order valence-corrected chi connectivity index (χ3v) is 6.32. The predicted octanol–water partition coefficient (Wildman–Crippen LogP) is 2.91. The first-order valence-electron chi connectivity index (χ1n) is 7.05. The van der Waals surface area contributed by atoms with Crippen molar-refractivity contribution in [3.8, 4) is 0 Å². The Morgan fingerprint density at radius 1 is 1.35 bits per heavy atom. The van der Waals surface area contributed by atoms with Gasteiger partial charge >= 0.3 is 0 Å². The van der Waals surface area contributed by atoms with Crippen LogP contribution < -0.4 is 5.32 Å². The molecule has 0 amide bonds. The number of hydrogen-bond donors (Lipinski definition) is 1. The van der Waals surface area contributed by atoms with E-state index in [1.54, 1.807) is 18.5 Å². The van der Waals surface area contributed by atoms with Crippen molar-refractivity contribution in [1.29, 1.82) is 0 Å². The maximum Gasteiger partial charge on any atom is 0.243 e. The fraction of sp³-hybridized carbons (Fsp3) is 0.714. The molecule has 0 spiro atoms. The number of hydrogen-bond acceptors (Lipinski definition) is 4. The van der Waals surface area contributed by atoms with Crippen molar-refractivity contribution in [3.05, 3.63) is 16.3 Å². The van der Waals surface area contributed by atoms with Crippen LogP contribution in [0.3, 0.4) is 0 Å². The zero-order valence-electron chi connectivity index (χ0n) is 13.0. The van der Waals surface area contributed by atoms with Gasteiger partial charge in [-0.1, -0.05) is 20.8 Å². The molecule has 1 heterocycles. The molecule has 1 aromatic rings. The molecule has 1 N–H and O–H groups in total. The van der Waals surface area contributed by atoms with E-state index in [1.165, 1.54) is 15.6 Å². The van der Waals surface area contributed by atoms with Gasteiger partial charge in [-0.05, 0) is 31.9 Å². The standard InChI is InChI=1S/C14H26N2O2S2/c1-6-15-9-13-8-14(10-19-13)20(17,18)16(5)12(4)7-11(2)3/h8,10-12,15H,6-7,9H2,1-5H3. The van der Waals surface area contributed by atoms with Gasteiger partial charge in [0, 0.05) is 29.9 Å². The fourth-order valence-corrected chi connectivity index (χ4v) is 4.68. The van der Waals surface area contributed by atoms with Crippen LogP contribution in [0.25, 0.3) is 0 Å². The van der Waals surface area contributed by atoms with Crippen molar-refractivity contribution in [3.63, 3.8) is 0 Å². The van der Waals surface area contributed by atoms with E-state index < -0.39 is 10.0 Å². The Morgan fingerprint density at radius 3 is 2.55 bits per heavy atom. The highest BCUT2D eigenvalue weighted by atomic mass is 32.2. The maximum absolute atomic E-state index is 12.6. The molecule has 1 aromatic heterocycles. The lowest BCUT2D eigenvalue weighted by atomic mass is 10.1. The molecule has 0 aromatic carbocycles. The topological polar surface area (TPSA) is 49.4 Å². The highest BCUT2D eigenvalue weighted by molar-refractivity contribution is 7.89. The van der Waals surface area contributed by atoms with Crippen LogP contribution in [-0.4, -0.2) is 32.4 Å². The van der Waals surface area contributed by atoms with Gasteiger partial charge in [0.25, 0.3) is 0 Å². The highest BCUT2D eigenvalue weighted by Crippen LogP contribution is 2.24. The van der Waals surface area contributed by atoms with Crippen LogP contribution >= 0.6 is 11.3 Å². The Balaban J connectivity index is 2.84. The number of nitrogens with one attached hydrogen (secondary N) is 1. The van der Waals surface area contributed by atoms with Crippen LogP contribution in [0.5, 0.6) is 0 Å². The molecule has 116 valence electrons. The van der Waals surface area contributed by atoms with Crippen molar-refractivity contribution in [1.82, 2.24) is 9.62 Å². The zero-order valence-corrected chi connectivity index (χ0v) is 14.6. The van der Waals surface area contributed by atoms with E-state index in [1.807, 2.05) is 13.8 Å². The van der Waals surface area contributed by atoms with Crippen molar-refractivity contribution in [2.24, 2.45) is 5.92 Å². The number of nitrogens with zero attached hydrogens (tertiary/aromatic N) is 1. The summed E-state index contributed by atoms with van der Waals surface area (Å²) in [5.41, 5.74) is 0. The van der Waals surface area contributed by atoms with E-state index in [9.17, 15) is 8.42 Å². The molecule has 1 atom stereocenters. The SMILES string of the molecule is CCNCc1cc(S(=O)(=O)N(C)C(C)CC(C)C)cs1. The van der Waals surface area contributed by atoms with Crippen molar-refractivity contribution < 1.29 is 8.42 Å². The average molecular weight is 319 g/mol. The molecule has 0 bridgehead atoms. The molecule has 1 unspecified atom stereocenters. The molecule has 0 aliphatic carbocycles. The number of sulfonamides is 1. The second kappa shape index (κ2) is 7.54. The first-order chi connectivity index (χ1) is 9.28. The summed E-state index contributed by atoms with van der Waals surface area (Å²) in [5.74, 6) is 0.481. The lowest BCUT2D eigenvalue weighted by Gasteiger charge is -2.25. The predicted molar refractivity (Wildman–Crippen MR) is 85.6 cm³/mol. The molecule has 0 saturated carbocycles. The Morgan fingerprint density at radius 2 is 2.00 bits per heavy atom.